The van der Waals surface area contributed by atoms with Crippen LogP contribution in [-0.2, 0) is 9.53 Å². The summed E-state index contributed by atoms with van der Waals surface area (Å²) < 4.78 is 10.3. The van der Waals surface area contributed by atoms with Crippen molar-refractivity contribution in [3.8, 4) is 5.75 Å². The molecular weight excluding hydrogens is 228 g/mol. The SMILES string of the molecule is COC(=O)C(C)COc1cc(C)cc(C(C)C)c1. The molecule has 3 nitrogen and oxygen atoms in total. The highest BCUT2D eigenvalue weighted by molar-refractivity contribution is 5.71. The molecule has 1 aromatic rings. The van der Waals surface area contributed by atoms with Gasteiger partial charge in [-0.3, -0.25) is 4.79 Å². The van der Waals surface area contributed by atoms with Crippen molar-refractivity contribution in [2.24, 2.45) is 5.92 Å². The second-order valence-corrected chi connectivity index (χ2v) is 4.97. The minimum absolute atomic E-state index is 0.244. The smallest absolute Gasteiger partial charge is 0.311 e. The number of ether oxygens (including phenoxy) is 2. The molecule has 0 bridgehead atoms. The van der Waals surface area contributed by atoms with Gasteiger partial charge in [-0.25, -0.2) is 0 Å². The lowest BCUT2D eigenvalue weighted by Gasteiger charge is -2.14. The van der Waals surface area contributed by atoms with Crippen molar-refractivity contribution in [1.82, 2.24) is 0 Å². The first-order chi connectivity index (χ1) is 8.43. The van der Waals surface area contributed by atoms with Crippen molar-refractivity contribution in [2.75, 3.05) is 13.7 Å². The Morgan fingerprint density at radius 1 is 1.22 bits per heavy atom. The molecule has 0 radical (unpaired) electrons. The van der Waals surface area contributed by atoms with Gasteiger partial charge < -0.3 is 9.47 Å². The van der Waals surface area contributed by atoms with Crippen molar-refractivity contribution in [3.05, 3.63) is 29.3 Å². The fraction of sp³-hybridized carbons (Fsp3) is 0.533. The van der Waals surface area contributed by atoms with E-state index in [0.717, 1.165) is 5.75 Å². The lowest BCUT2D eigenvalue weighted by Crippen LogP contribution is -2.20. The first kappa shape index (κ1) is 14.6. The van der Waals surface area contributed by atoms with Gasteiger partial charge in [-0.05, 0) is 43.0 Å². The molecule has 0 aliphatic carbocycles. The van der Waals surface area contributed by atoms with Gasteiger partial charge in [-0.2, -0.15) is 0 Å². The molecule has 1 aromatic carbocycles. The van der Waals surface area contributed by atoms with Crippen LogP contribution in [0.5, 0.6) is 5.75 Å². The van der Waals surface area contributed by atoms with Gasteiger partial charge in [-0.1, -0.05) is 19.9 Å². The molecule has 1 unspecified atom stereocenters. The fourth-order valence-electron chi connectivity index (χ4n) is 1.68. The summed E-state index contributed by atoms with van der Waals surface area (Å²) in [4.78, 5) is 11.3. The molecule has 0 aliphatic heterocycles. The Kier molecular flexibility index (Phi) is 5.20. The van der Waals surface area contributed by atoms with Gasteiger partial charge in [0.1, 0.15) is 12.4 Å². The molecule has 0 spiro atoms. The highest BCUT2D eigenvalue weighted by atomic mass is 16.5. The van der Waals surface area contributed by atoms with Crippen molar-refractivity contribution >= 4 is 5.97 Å². The third-order valence-electron chi connectivity index (χ3n) is 2.84. The summed E-state index contributed by atoms with van der Waals surface area (Å²) in [5, 5.41) is 0. The molecule has 1 rings (SSSR count). The van der Waals surface area contributed by atoms with Gasteiger partial charge in [0.25, 0.3) is 0 Å². The average Bonchev–Trinajstić information content (AvgIpc) is 2.34. The maximum Gasteiger partial charge on any atom is 0.311 e. The van der Waals surface area contributed by atoms with Crippen molar-refractivity contribution in [3.63, 3.8) is 0 Å². The molecule has 1 atom stereocenters. The van der Waals surface area contributed by atoms with Crippen LogP contribution in [0.25, 0.3) is 0 Å². The van der Waals surface area contributed by atoms with Crippen LogP contribution in [0.2, 0.25) is 0 Å². The van der Waals surface area contributed by atoms with E-state index >= 15 is 0 Å². The normalized spacial score (nSPS) is 12.3. The van der Waals surface area contributed by atoms with Crippen LogP contribution in [0.3, 0.4) is 0 Å². The standard InChI is InChI=1S/C15H22O3/c1-10(2)13-6-11(3)7-14(8-13)18-9-12(4)15(16)17-5/h6-8,10,12H,9H2,1-5H3. The van der Waals surface area contributed by atoms with Crippen LogP contribution in [0.1, 0.15) is 37.8 Å². The molecule has 0 aromatic heterocycles. The monoisotopic (exact) mass is 250 g/mol. The molecule has 18 heavy (non-hydrogen) atoms. The molecule has 0 N–H and O–H groups in total. The van der Waals surface area contributed by atoms with Crippen molar-refractivity contribution < 1.29 is 14.3 Å². The minimum atomic E-state index is -0.252. The summed E-state index contributed by atoms with van der Waals surface area (Å²) in [5.41, 5.74) is 2.41. The summed E-state index contributed by atoms with van der Waals surface area (Å²) in [5.74, 6) is 0.782. The third kappa shape index (κ3) is 4.06. The Morgan fingerprint density at radius 2 is 1.89 bits per heavy atom. The molecule has 0 amide bonds. The van der Waals surface area contributed by atoms with E-state index in [1.807, 2.05) is 19.1 Å². The number of carbonyl (C=O) groups is 1. The van der Waals surface area contributed by atoms with Crippen LogP contribution in [0.15, 0.2) is 18.2 Å². The number of hydrogen-bond donors (Lipinski definition) is 0. The molecule has 0 heterocycles. The Hall–Kier alpha value is -1.51. The predicted octanol–water partition coefficient (Wildman–Crippen LogP) is 3.31. The fourth-order valence-corrected chi connectivity index (χ4v) is 1.68. The molecule has 0 aliphatic rings. The van der Waals surface area contributed by atoms with Crippen molar-refractivity contribution in [1.29, 1.82) is 0 Å². The van der Waals surface area contributed by atoms with Crippen LogP contribution in [0.4, 0.5) is 0 Å². The van der Waals surface area contributed by atoms with Gasteiger partial charge >= 0.3 is 5.97 Å². The highest BCUT2D eigenvalue weighted by Crippen LogP contribution is 2.23. The Morgan fingerprint density at radius 3 is 2.44 bits per heavy atom. The summed E-state index contributed by atoms with van der Waals surface area (Å²) in [6.45, 7) is 8.48. The quantitative estimate of drug-likeness (QED) is 0.752. The van der Waals surface area contributed by atoms with E-state index in [9.17, 15) is 4.79 Å². The number of aryl methyl sites for hydroxylation is 1. The Balaban J connectivity index is 2.70. The van der Waals surface area contributed by atoms with Gasteiger partial charge in [0.15, 0.2) is 0 Å². The minimum Gasteiger partial charge on any atom is -0.493 e. The zero-order valence-corrected chi connectivity index (χ0v) is 11.8. The van der Waals surface area contributed by atoms with Crippen LogP contribution in [-0.4, -0.2) is 19.7 Å². The zero-order valence-electron chi connectivity index (χ0n) is 11.8. The zero-order chi connectivity index (χ0) is 13.7. The number of esters is 1. The van der Waals surface area contributed by atoms with E-state index < -0.39 is 0 Å². The number of carbonyl (C=O) groups excluding carboxylic acids is 1. The van der Waals surface area contributed by atoms with Gasteiger partial charge in [0.2, 0.25) is 0 Å². The van der Waals surface area contributed by atoms with Crippen LogP contribution in [0, 0.1) is 12.8 Å². The highest BCUT2D eigenvalue weighted by Gasteiger charge is 2.14. The van der Waals surface area contributed by atoms with Gasteiger partial charge in [0.05, 0.1) is 13.0 Å². The van der Waals surface area contributed by atoms with E-state index in [2.05, 4.69) is 24.7 Å². The maximum absolute atomic E-state index is 11.3. The van der Waals surface area contributed by atoms with Gasteiger partial charge in [-0.15, -0.1) is 0 Å². The number of benzene rings is 1. The molecule has 0 saturated heterocycles. The van der Waals surface area contributed by atoms with E-state index in [4.69, 9.17) is 4.74 Å². The predicted molar refractivity (Wildman–Crippen MR) is 71.9 cm³/mol. The third-order valence-corrected chi connectivity index (χ3v) is 2.84. The molecular formula is C15H22O3. The number of methoxy groups -OCH3 is 1. The summed E-state index contributed by atoms with van der Waals surface area (Å²) >= 11 is 0. The second kappa shape index (κ2) is 6.43. The number of hydrogen-bond acceptors (Lipinski definition) is 3. The topological polar surface area (TPSA) is 35.5 Å². The van der Waals surface area contributed by atoms with E-state index in [1.165, 1.54) is 18.2 Å². The second-order valence-electron chi connectivity index (χ2n) is 4.97. The average molecular weight is 250 g/mol. The first-order valence-electron chi connectivity index (χ1n) is 6.26. The summed E-state index contributed by atoms with van der Waals surface area (Å²) in [6, 6.07) is 6.17. The maximum atomic E-state index is 11.3. The number of rotatable bonds is 5. The molecule has 100 valence electrons. The van der Waals surface area contributed by atoms with Crippen LogP contribution >= 0.6 is 0 Å². The van der Waals surface area contributed by atoms with E-state index in [-0.39, 0.29) is 11.9 Å². The summed E-state index contributed by atoms with van der Waals surface area (Å²) in [6.07, 6.45) is 0. The first-order valence-corrected chi connectivity index (χ1v) is 6.26. The van der Waals surface area contributed by atoms with Crippen molar-refractivity contribution in [2.45, 2.75) is 33.6 Å². The molecule has 0 fully saturated rings. The Labute approximate surface area is 109 Å². The van der Waals surface area contributed by atoms with E-state index in [0.29, 0.717) is 12.5 Å². The van der Waals surface area contributed by atoms with E-state index in [1.54, 1.807) is 6.92 Å². The lowest BCUT2D eigenvalue weighted by atomic mass is 10.0. The largest absolute Gasteiger partial charge is 0.493 e. The molecule has 3 heteroatoms. The lowest BCUT2D eigenvalue weighted by molar-refractivity contribution is -0.145. The Bertz CT molecular complexity index is 410. The van der Waals surface area contributed by atoms with Crippen LogP contribution < -0.4 is 4.74 Å². The van der Waals surface area contributed by atoms with Gasteiger partial charge in [0, 0.05) is 0 Å². The molecule has 0 saturated carbocycles. The summed E-state index contributed by atoms with van der Waals surface area (Å²) in [7, 11) is 1.39.